The predicted molar refractivity (Wildman–Crippen MR) is 133 cm³/mol. The van der Waals surface area contributed by atoms with E-state index < -0.39 is 12.0 Å². The fourth-order valence-electron chi connectivity index (χ4n) is 4.17. The summed E-state index contributed by atoms with van der Waals surface area (Å²) in [4.78, 5) is 33.4. The second kappa shape index (κ2) is 9.59. The Bertz CT molecular complexity index is 1300. The molecule has 6 heteroatoms. The van der Waals surface area contributed by atoms with Crippen LogP contribution in [-0.4, -0.2) is 27.4 Å². The van der Waals surface area contributed by atoms with E-state index in [0.717, 1.165) is 11.1 Å². The fraction of sp³-hybridized carbons (Fsp3) is 0.222. The van der Waals surface area contributed by atoms with Crippen LogP contribution in [0.2, 0.25) is 5.02 Å². The molecule has 0 spiro atoms. The average Bonchev–Trinajstić information content (AvgIpc) is 2.84. The molecule has 5 nitrogen and oxygen atoms in total. The van der Waals surface area contributed by atoms with Gasteiger partial charge in [0.1, 0.15) is 5.82 Å². The zero-order valence-electron chi connectivity index (χ0n) is 18.9. The lowest BCUT2D eigenvalue weighted by molar-refractivity contribution is -0.132. The summed E-state index contributed by atoms with van der Waals surface area (Å²) in [6, 6.07) is 24.1. The Balaban J connectivity index is 1.78. The molecule has 1 heterocycles. The Labute approximate surface area is 198 Å². The molecule has 0 radical (unpaired) electrons. The van der Waals surface area contributed by atoms with Crippen molar-refractivity contribution in [1.82, 2.24) is 14.5 Å². The first-order valence-electron chi connectivity index (χ1n) is 11.0. The van der Waals surface area contributed by atoms with E-state index in [1.54, 1.807) is 34.7 Å². The third-order valence-corrected chi connectivity index (χ3v) is 6.31. The highest BCUT2D eigenvalue weighted by molar-refractivity contribution is 6.31. The van der Waals surface area contributed by atoms with E-state index in [1.807, 2.05) is 74.5 Å². The molecule has 0 N–H and O–H groups in total. The molecule has 3 aromatic carbocycles. The van der Waals surface area contributed by atoms with Crippen molar-refractivity contribution in [3.63, 3.8) is 0 Å². The standard InChI is InChI=1S/C27H26ClN3O2/c1-4-31-25(29-23-17-21(28)15-16-22(23)26(31)32)18(2)30(3)27(33)24(19-11-7-5-8-12-19)20-13-9-6-10-14-20/h5-18,24H,4H2,1-3H3. The highest BCUT2D eigenvalue weighted by Gasteiger charge is 2.30. The maximum absolute atomic E-state index is 13.9. The van der Waals surface area contributed by atoms with E-state index in [4.69, 9.17) is 16.6 Å². The van der Waals surface area contributed by atoms with Crippen LogP contribution in [0.15, 0.2) is 83.7 Å². The lowest BCUT2D eigenvalue weighted by Crippen LogP contribution is -2.38. The third-order valence-electron chi connectivity index (χ3n) is 6.08. The highest BCUT2D eigenvalue weighted by Crippen LogP contribution is 2.30. The quantitative estimate of drug-likeness (QED) is 0.386. The molecule has 33 heavy (non-hydrogen) atoms. The minimum atomic E-state index is -0.462. The SMILES string of the molecule is CCn1c(C(C)N(C)C(=O)C(c2ccccc2)c2ccccc2)nc2cc(Cl)ccc2c1=O. The second-order valence-corrected chi connectivity index (χ2v) is 8.50. The van der Waals surface area contributed by atoms with Crippen LogP contribution in [0.3, 0.4) is 0 Å². The van der Waals surface area contributed by atoms with Gasteiger partial charge < -0.3 is 4.90 Å². The van der Waals surface area contributed by atoms with Gasteiger partial charge in [-0.25, -0.2) is 4.98 Å². The minimum Gasteiger partial charge on any atom is -0.335 e. The van der Waals surface area contributed by atoms with E-state index in [0.29, 0.717) is 28.3 Å². The van der Waals surface area contributed by atoms with Crippen LogP contribution in [0.1, 0.15) is 42.8 Å². The third kappa shape index (κ3) is 4.41. The van der Waals surface area contributed by atoms with Crippen LogP contribution in [0.5, 0.6) is 0 Å². The molecule has 1 atom stereocenters. The van der Waals surface area contributed by atoms with E-state index >= 15 is 0 Å². The van der Waals surface area contributed by atoms with Crippen LogP contribution in [-0.2, 0) is 11.3 Å². The number of fused-ring (bicyclic) bond motifs is 1. The minimum absolute atomic E-state index is 0.0667. The number of likely N-dealkylation sites (N-methyl/N-ethyl adjacent to an activating group) is 1. The van der Waals surface area contributed by atoms with Gasteiger partial charge in [0.25, 0.3) is 5.56 Å². The monoisotopic (exact) mass is 459 g/mol. The normalized spacial score (nSPS) is 12.2. The zero-order valence-corrected chi connectivity index (χ0v) is 19.7. The van der Waals surface area contributed by atoms with Gasteiger partial charge in [-0.05, 0) is 43.2 Å². The smallest absolute Gasteiger partial charge is 0.261 e. The van der Waals surface area contributed by atoms with Gasteiger partial charge in [0.15, 0.2) is 0 Å². The number of rotatable bonds is 6. The largest absolute Gasteiger partial charge is 0.335 e. The lowest BCUT2D eigenvalue weighted by Gasteiger charge is -2.30. The molecule has 4 aromatic rings. The molecule has 0 bridgehead atoms. The van der Waals surface area contributed by atoms with Gasteiger partial charge in [0.2, 0.25) is 5.91 Å². The number of carbonyl (C=O) groups excluding carboxylic acids is 1. The summed E-state index contributed by atoms with van der Waals surface area (Å²) >= 11 is 6.15. The summed E-state index contributed by atoms with van der Waals surface area (Å²) in [5.41, 5.74) is 2.23. The topological polar surface area (TPSA) is 55.2 Å². The summed E-state index contributed by atoms with van der Waals surface area (Å²) in [5, 5.41) is 1.03. The van der Waals surface area contributed by atoms with E-state index in [1.165, 1.54) is 0 Å². The Kier molecular flexibility index (Phi) is 6.61. The number of benzene rings is 3. The molecule has 0 aliphatic carbocycles. The molecule has 1 amide bonds. The zero-order chi connectivity index (χ0) is 23.5. The Morgan fingerprint density at radius 1 is 1.00 bits per heavy atom. The molecule has 4 rings (SSSR count). The van der Waals surface area contributed by atoms with Crippen LogP contribution in [0.4, 0.5) is 0 Å². The van der Waals surface area contributed by atoms with Crippen molar-refractivity contribution >= 4 is 28.4 Å². The van der Waals surface area contributed by atoms with Crippen LogP contribution in [0.25, 0.3) is 10.9 Å². The summed E-state index contributed by atoms with van der Waals surface area (Å²) in [5.74, 6) is 0.00697. The van der Waals surface area contributed by atoms with Gasteiger partial charge in [-0.2, -0.15) is 0 Å². The Hall–Kier alpha value is -3.44. The summed E-state index contributed by atoms with van der Waals surface area (Å²) in [6.45, 7) is 4.25. The Morgan fingerprint density at radius 3 is 2.12 bits per heavy atom. The van der Waals surface area contributed by atoms with Crippen molar-refractivity contribution in [1.29, 1.82) is 0 Å². The molecule has 168 valence electrons. The number of halogens is 1. The van der Waals surface area contributed by atoms with Crippen molar-refractivity contribution in [2.45, 2.75) is 32.4 Å². The predicted octanol–water partition coefficient (Wildman–Crippen LogP) is 5.42. The van der Waals surface area contributed by atoms with E-state index in [9.17, 15) is 9.59 Å². The second-order valence-electron chi connectivity index (χ2n) is 8.06. The maximum Gasteiger partial charge on any atom is 0.261 e. The van der Waals surface area contributed by atoms with Crippen molar-refractivity contribution in [2.24, 2.45) is 0 Å². The molecular formula is C27H26ClN3O2. The van der Waals surface area contributed by atoms with Gasteiger partial charge in [0.05, 0.1) is 22.9 Å². The van der Waals surface area contributed by atoms with Crippen LogP contribution in [0, 0.1) is 0 Å². The summed E-state index contributed by atoms with van der Waals surface area (Å²) in [6.07, 6.45) is 0. The Morgan fingerprint density at radius 2 is 1.58 bits per heavy atom. The molecular weight excluding hydrogens is 434 g/mol. The highest BCUT2D eigenvalue weighted by atomic mass is 35.5. The summed E-state index contributed by atoms with van der Waals surface area (Å²) < 4.78 is 1.63. The van der Waals surface area contributed by atoms with E-state index in [-0.39, 0.29) is 11.5 Å². The average molecular weight is 460 g/mol. The van der Waals surface area contributed by atoms with Gasteiger partial charge >= 0.3 is 0 Å². The van der Waals surface area contributed by atoms with Crippen molar-refractivity contribution in [3.05, 3.63) is 111 Å². The van der Waals surface area contributed by atoms with Crippen molar-refractivity contribution in [3.8, 4) is 0 Å². The number of aromatic nitrogens is 2. The molecule has 0 aliphatic rings. The van der Waals surface area contributed by atoms with Crippen molar-refractivity contribution < 1.29 is 4.79 Å². The maximum atomic E-state index is 13.9. The fourth-order valence-corrected chi connectivity index (χ4v) is 4.34. The van der Waals surface area contributed by atoms with E-state index in [2.05, 4.69) is 0 Å². The number of amides is 1. The van der Waals surface area contributed by atoms with Crippen LogP contribution >= 0.6 is 11.6 Å². The van der Waals surface area contributed by atoms with Gasteiger partial charge in [0, 0.05) is 18.6 Å². The lowest BCUT2D eigenvalue weighted by atomic mass is 9.89. The van der Waals surface area contributed by atoms with Crippen molar-refractivity contribution in [2.75, 3.05) is 7.05 Å². The first kappa shape index (κ1) is 22.7. The van der Waals surface area contributed by atoms with Gasteiger partial charge in [-0.3, -0.25) is 14.2 Å². The molecule has 0 saturated carbocycles. The summed E-state index contributed by atoms with van der Waals surface area (Å²) in [7, 11) is 1.76. The number of hydrogen-bond acceptors (Lipinski definition) is 3. The van der Waals surface area contributed by atoms with Gasteiger partial charge in [-0.1, -0.05) is 72.3 Å². The molecule has 1 aromatic heterocycles. The number of hydrogen-bond donors (Lipinski definition) is 0. The first-order valence-corrected chi connectivity index (χ1v) is 11.4. The molecule has 1 unspecified atom stereocenters. The molecule has 0 saturated heterocycles. The molecule has 0 aliphatic heterocycles. The van der Waals surface area contributed by atoms with Crippen LogP contribution < -0.4 is 5.56 Å². The van der Waals surface area contributed by atoms with Gasteiger partial charge in [-0.15, -0.1) is 0 Å². The number of nitrogens with zero attached hydrogens (tertiary/aromatic N) is 3. The first-order chi connectivity index (χ1) is 15.9. The molecule has 0 fully saturated rings. The number of carbonyl (C=O) groups is 1.